The Labute approximate surface area is 150 Å². The second-order valence-corrected chi connectivity index (χ2v) is 6.99. The Hall–Kier alpha value is -0.980. The fourth-order valence-electron chi connectivity index (χ4n) is 2.23. The summed E-state index contributed by atoms with van der Waals surface area (Å²) < 4.78 is 13.0. The standard InChI is InChI=1S/C15H17ClFN3OS.ClH/c1-20-11(8-22-15(20)18-10-3-4-10)7-14(21)19-13-5-2-9(17)6-12(13)16;/h2,5-6,10-11H,3-4,7-8H2,1H3,(H,19,21);1H. The fraction of sp³-hybridized carbons (Fsp3) is 0.467. The number of nitrogens with zero attached hydrogens (tertiary/aromatic N) is 2. The van der Waals surface area contributed by atoms with Crippen molar-refractivity contribution in [2.24, 2.45) is 4.99 Å². The van der Waals surface area contributed by atoms with Crippen molar-refractivity contribution >= 4 is 52.5 Å². The molecule has 0 bridgehead atoms. The van der Waals surface area contributed by atoms with Gasteiger partial charge in [0.25, 0.3) is 0 Å². The second kappa shape index (κ2) is 7.73. The summed E-state index contributed by atoms with van der Waals surface area (Å²) in [5, 5.41) is 3.97. The van der Waals surface area contributed by atoms with Gasteiger partial charge in [-0.25, -0.2) is 4.39 Å². The van der Waals surface area contributed by atoms with Crippen LogP contribution < -0.4 is 5.32 Å². The summed E-state index contributed by atoms with van der Waals surface area (Å²) in [6, 6.07) is 4.55. The second-order valence-electron chi connectivity index (χ2n) is 5.60. The quantitative estimate of drug-likeness (QED) is 0.867. The highest BCUT2D eigenvalue weighted by molar-refractivity contribution is 8.14. The van der Waals surface area contributed by atoms with Gasteiger partial charge in [-0.15, -0.1) is 12.4 Å². The predicted octanol–water partition coefficient (Wildman–Crippen LogP) is 3.80. The first-order chi connectivity index (χ1) is 10.5. The summed E-state index contributed by atoms with van der Waals surface area (Å²) in [5.41, 5.74) is 0.438. The average Bonchev–Trinajstić information content (AvgIpc) is 3.22. The topological polar surface area (TPSA) is 44.7 Å². The van der Waals surface area contributed by atoms with E-state index < -0.39 is 5.82 Å². The lowest BCUT2D eigenvalue weighted by molar-refractivity contribution is -0.116. The minimum Gasteiger partial charge on any atom is -0.350 e. The zero-order valence-electron chi connectivity index (χ0n) is 12.6. The van der Waals surface area contributed by atoms with Crippen LogP contribution in [0.4, 0.5) is 10.1 Å². The van der Waals surface area contributed by atoms with Crippen molar-refractivity contribution in [1.82, 2.24) is 4.90 Å². The number of hydrogen-bond acceptors (Lipinski definition) is 3. The molecule has 1 aliphatic heterocycles. The van der Waals surface area contributed by atoms with Gasteiger partial charge in [0, 0.05) is 25.3 Å². The molecule has 1 aliphatic carbocycles. The number of thioether (sulfide) groups is 1. The first-order valence-electron chi connectivity index (χ1n) is 7.21. The number of benzene rings is 1. The van der Waals surface area contributed by atoms with Gasteiger partial charge in [0.2, 0.25) is 5.91 Å². The predicted molar refractivity (Wildman–Crippen MR) is 96.4 cm³/mol. The van der Waals surface area contributed by atoms with E-state index in [1.807, 2.05) is 7.05 Å². The van der Waals surface area contributed by atoms with Gasteiger partial charge in [0.15, 0.2) is 5.17 Å². The summed E-state index contributed by atoms with van der Waals surface area (Å²) >= 11 is 7.62. The van der Waals surface area contributed by atoms with Crippen LogP contribution >= 0.6 is 35.8 Å². The van der Waals surface area contributed by atoms with Crippen molar-refractivity contribution in [1.29, 1.82) is 0 Å². The summed E-state index contributed by atoms with van der Waals surface area (Å²) in [6.07, 6.45) is 2.71. The van der Waals surface area contributed by atoms with Gasteiger partial charge in [-0.1, -0.05) is 23.4 Å². The Morgan fingerprint density at radius 1 is 1.52 bits per heavy atom. The Kier molecular flexibility index (Phi) is 6.17. The summed E-state index contributed by atoms with van der Waals surface area (Å²) in [5.74, 6) is 0.307. The van der Waals surface area contributed by atoms with Crippen LogP contribution in [0.2, 0.25) is 5.02 Å². The molecule has 2 aliphatic rings. The molecule has 126 valence electrons. The number of amides is 1. The monoisotopic (exact) mass is 377 g/mol. The van der Waals surface area contributed by atoms with Crippen molar-refractivity contribution < 1.29 is 9.18 Å². The number of carbonyl (C=O) groups excluding carboxylic acids is 1. The minimum absolute atomic E-state index is 0. The fourth-order valence-corrected chi connectivity index (χ4v) is 3.70. The van der Waals surface area contributed by atoms with Gasteiger partial charge >= 0.3 is 0 Å². The Morgan fingerprint density at radius 3 is 2.91 bits per heavy atom. The molecular formula is C15H18Cl2FN3OS. The molecule has 1 aromatic rings. The van der Waals surface area contributed by atoms with Crippen molar-refractivity contribution in [3.63, 3.8) is 0 Å². The van der Waals surface area contributed by atoms with Crippen LogP contribution in [0.25, 0.3) is 0 Å². The molecule has 1 saturated carbocycles. The van der Waals surface area contributed by atoms with Crippen LogP contribution in [0.15, 0.2) is 23.2 Å². The van der Waals surface area contributed by atoms with E-state index in [0.717, 1.165) is 10.9 Å². The molecule has 0 aromatic heterocycles. The molecule has 8 heteroatoms. The van der Waals surface area contributed by atoms with Crippen molar-refractivity contribution in [2.45, 2.75) is 31.3 Å². The molecule has 1 amide bonds. The maximum Gasteiger partial charge on any atom is 0.226 e. The highest BCUT2D eigenvalue weighted by Gasteiger charge is 2.31. The molecule has 2 fully saturated rings. The lowest BCUT2D eigenvalue weighted by atomic mass is 10.2. The van der Waals surface area contributed by atoms with Crippen molar-refractivity contribution in [2.75, 3.05) is 18.1 Å². The van der Waals surface area contributed by atoms with Crippen LogP contribution in [-0.4, -0.2) is 40.9 Å². The number of halogens is 3. The summed E-state index contributed by atoms with van der Waals surface area (Å²) in [4.78, 5) is 18.9. The maximum atomic E-state index is 13.0. The average molecular weight is 378 g/mol. The number of hydrogen-bond donors (Lipinski definition) is 1. The number of anilines is 1. The van der Waals surface area contributed by atoms with E-state index in [4.69, 9.17) is 11.6 Å². The Balaban J connectivity index is 0.00000192. The molecule has 1 heterocycles. The lowest BCUT2D eigenvalue weighted by Crippen LogP contribution is -2.33. The molecule has 3 rings (SSSR count). The van der Waals surface area contributed by atoms with Crippen molar-refractivity contribution in [3.8, 4) is 0 Å². The first kappa shape index (κ1) is 18.4. The number of rotatable bonds is 4. The van der Waals surface area contributed by atoms with Gasteiger partial charge in [0.1, 0.15) is 5.82 Å². The van der Waals surface area contributed by atoms with Crippen LogP contribution in [0.1, 0.15) is 19.3 Å². The smallest absolute Gasteiger partial charge is 0.226 e. The Morgan fingerprint density at radius 2 is 2.26 bits per heavy atom. The molecule has 4 nitrogen and oxygen atoms in total. The SMILES string of the molecule is CN1C(=NC2CC2)SCC1CC(=O)Nc1ccc(F)cc1Cl.Cl. The summed E-state index contributed by atoms with van der Waals surface area (Å²) in [7, 11) is 1.98. The van der Waals surface area contributed by atoms with Crippen LogP contribution in [0.5, 0.6) is 0 Å². The number of nitrogens with one attached hydrogen (secondary N) is 1. The molecular weight excluding hydrogens is 360 g/mol. The normalized spacial score (nSPS) is 22.1. The number of amidine groups is 1. The molecule has 1 unspecified atom stereocenters. The lowest BCUT2D eigenvalue weighted by Gasteiger charge is -2.20. The molecule has 0 radical (unpaired) electrons. The highest BCUT2D eigenvalue weighted by Crippen LogP contribution is 2.31. The zero-order chi connectivity index (χ0) is 15.7. The van der Waals surface area contributed by atoms with E-state index in [2.05, 4.69) is 15.2 Å². The number of aliphatic imine (C=N–C) groups is 1. The van der Waals surface area contributed by atoms with Gasteiger partial charge in [-0.05, 0) is 31.0 Å². The maximum absolute atomic E-state index is 13.0. The van der Waals surface area contributed by atoms with E-state index in [9.17, 15) is 9.18 Å². The summed E-state index contributed by atoms with van der Waals surface area (Å²) in [6.45, 7) is 0. The minimum atomic E-state index is -0.421. The molecule has 23 heavy (non-hydrogen) atoms. The van der Waals surface area contributed by atoms with Gasteiger partial charge in [-0.2, -0.15) is 0 Å². The zero-order valence-corrected chi connectivity index (χ0v) is 15.0. The van der Waals surface area contributed by atoms with E-state index >= 15 is 0 Å². The van der Waals surface area contributed by atoms with Crippen LogP contribution in [0.3, 0.4) is 0 Å². The van der Waals surface area contributed by atoms with Crippen LogP contribution in [-0.2, 0) is 4.79 Å². The largest absolute Gasteiger partial charge is 0.350 e. The van der Waals surface area contributed by atoms with Crippen molar-refractivity contribution in [3.05, 3.63) is 29.0 Å². The first-order valence-corrected chi connectivity index (χ1v) is 8.57. The molecule has 1 saturated heterocycles. The van der Waals surface area contributed by atoms with E-state index in [-0.39, 0.29) is 29.4 Å². The van der Waals surface area contributed by atoms with Gasteiger partial charge in [-0.3, -0.25) is 9.79 Å². The third-order valence-corrected chi connectivity index (χ3v) is 5.24. The van der Waals surface area contributed by atoms with Crippen LogP contribution in [0, 0.1) is 5.82 Å². The van der Waals surface area contributed by atoms with E-state index in [1.54, 1.807) is 11.8 Å². The van der Waals surface area contributed by atoms with E-state index in [0.29, 0.717) is 18.2 Å². The molecule has 1 aromatic carbocycles. The number of carbonyl (C=O) groups is 1. The molecule has 1 N–H and O–H groups in total. The highest BCUT2D eigenvalue weighted by atomic mass is 35.5. The van der Waals surface area contributed by atoms with Gasteiger partial charge in [0.05, 0.1) is 16.8 Å². The van der Waals surface area contributed by atoms with Gasteiger partial charge < -0.3 is 10.2 Å². The van der Waals surface area contributed by atoms with E-state index in [1.165, 1.54) is 31.0 Å². The molecule has 0 spiro atoms. The Bertz CT molecular complexity index is 625. The molecule has 1 atom stereocenters. The third-order valence-electron chi connectivity index (χ3n) is 3.72. The third kappa shape index (κ3) is 4.75.